The summed E-state index contributed by atoms with van der Waals surface area (Å²) in [5.41, 5.74) is 0. The third-order valence-electron chi connectivity index (χ3n) is 1.82. The lowest BCUT2D eigenvalue weighted by Gasteiger charge is -2.31. The lowest BCUT2D eigenvalue weighted by Crippen LogP contribution is -2.50. The minimum atomic E-state index is -0.582. The molecule has 1 unspecified atom stereocenters. The van der Waals surface area contributed by atoms with Gasteiger partial charge in [-0.05, 0) is 31.6 Å². The summed E-state index contributed by atoms with van der Waals surface area (Å²) in [5, 5.41) is 2.58. The van der Waals surface area contributed by atoms with Gasteiger partial charge in [-0.25, -0.2) is 0 Å². The standard InChI is InChI=1S/C10H17NO3S2/c1-6(12)9(11-7(2)13)10(4,5)16-15-8(3)14/h9H,1-5H3,(H,11,13). The van der Waals surface area contributed by atoms with Gasteiger partial charge < -0.3 is 5.32 Å². The Balaban J connectivity index is 4.67. The maximum atomic E-state index is 11.4. The van der Waals surface area contributed by atoms with Gasteiger partial charge in [0.25, 0.3) is 0 Å². The van der Waals surface area contributed by atoms with E-state index in [2.05, 4.69) is 5.32 Å². The number of rotatable bonds is 5. The van der Waals surface area contributed by atoms with Gasteiger partial charge in [0.05, 0.1) is 0 Å². The van der Waals surface area contributed by atoms with E-state index in [1.165, 1.54) is 31.6 Å². The van der Waals surface area contributed by atoms with Gasteiger partial charge in [-0.1, -0.05) is 10.8 Å². The number of hydrogen-bond donors (Lipinski definition) is 1. The molecule has 0 aliphatic rings. The first kappa shape index (κ1) is 15.5. The molecule has 4 nitrogen and oxygen atoms in total. The van der Waals surface area contributed by atoms with Crippen LogP contribution in [0.15, 0.2) is 0 Å². The number of carbonyl (C=O) groups is 3. The molecule has 0 heterocycles. The molecule has 0 bridgehead atoms. The lowest BCUT2D eigenvalue weighted by molar-refractivity contribution is -0.126. The van der Waals surface area contributed by atoms with E-state index in [1.54, 1.807) is 0 Å². The summed E-state index contributed by atoms with van der Waals surface area (Å²) in [4.78, 5) is 33.3. The SMILES string of the molecule is CC(=O)NC(C(C)=O)C(C)(C)SSC(C)=O. The van der Waals surface area contributed by atoms with E-state index in [0.717, 1.165) is 10.8 Å². The van der Waals surface area contributed by atoms with Crippen LogP contribution < -0.4 is 5.32 Å². The number of Topliss-reactive ketones (excluding diaryl/α,β-unsaturated/α-hetero) is 1. The van der Waals surface area contributed by atoms with Gasteiger partial charge in [-0.15, -0.1) is 0 Å². The summed E-state index contributed by atoms with van der Waals surface area (Å²) in [7, 11) is 2.38. The highest BCUT2D eigenvalue weighted by molar-refractivity contribution is 8.82. The van der Waals surface area contributed by atoms with E-state index in [0.29, 0.717) is 0 Å². The Labute approximate surface area is 104 Å². The van der Waals surface area contributed by atoms with Crippen LogP contribution in [0.4, 0.5) is 0 Å². The van der Waals surface area contributed by atoms with Crippen molar-refractivity contribution in [1.82, 2.24) is 5.32 Å². The van der Waals surface area contributed by atoms with Crippen molar-refractivity contribution in [3.8, 4) is 0 Å². The normalized spacial score (nSPS) is 13.1. The molecule has 0 fully saturated rings. The second-order valence-corrected chi connectivity index (χ2v) is 6.97. The number of nitrogens with one attached hydrogen (secondary N) is 1. The lowest BCUT2D eigenvalue weighted by atomic mass is 10.00. The average Bonchev–Trinajstić information content (AvgIpc) is 2.10. The quantitative estimate of drug-likeness (QED) is 0.766. The molecule has 92 valence electrons. The van der Waals surface area contributed by atoms with Gasteiger partial charge in [-0.3, -0.25) is 14.4 Å². The molecule has 0 saturated carbocycles. The molecule has 0 rings (SSSR count). The fourth-order valence-corrected chi connectivity index (χ4v) is 3.12. The van der Waals surface area contributed by atoms with Crippen molar-refractivity contribution in [3.63, 3.8) is 0 Å². The van der Waals surface area contributed by atoms with Gasteiger partial charge in [0.2, 0.25) is 5.91 Å². The Morgan fingerprint density at radius 3 is 1.94 bits per heavy atom. The molecule has 1 amide bonds. The fourth-order valence-electron chi connectivity index (χ4n) is 1.18. The number of amides is 1. The Hall–Kier alpha value is -0.490. The van der Waals surface area contributed by atoms with Crippen LogP contribution in [0.1, 0.15) is 34.6 Å². The molecule has 0 spiro atoms. The van der Waals surface area contributed by atoms with Crippen molar-refractivity contribution in [1.29, 1.82) is 0 Å². The summed E-state index contributed by atoms with van der Waals surface area (Å²) in [6.45, 7) is 7.93. The topological polar surface area (TPSA) is 63.2 Å². The predicted octanol–water partition coefficient (Wildman–Crippen LogP) is 1.79. The minimum absolute atomic E-state index is 0.0248. The second-order valence-electron chi connectivity index (χ2n) is 4.01. The smallest absolute Gasteiger partial charge is 0.217 e. The van der Waals surface area contributed by atoms with Gasteiger partial charge in [0.15, 0.2) is 10.9 Å². The maximum Gasteiger partial charge on any atom is 0.217 e. The van der Waals surface area contributed by atoms with E-state index in [1.807, 2.05) is 13.8 Å². The molecule has 0 aromatic carbocycles. The van der Waals surface area contributed by atoms with Crippen molar-refractivity contribution in [2.45, 2.75) is 45.4 Å². The van der Waals surface area contributed by atoms with Gasteiger partial charge >= 0.3 is 0 Å². The van der Waals surface area contributed by atoms with Crippen molar-refractivity contribution >= 4 is 38.4 Å². The zero-order valence-electron chi connectivity index (χ0n) is 10.1. The molecular weight excluding hydrogens is 246 g/mol. The van der Waals surface area contributed by atoms with Crippen LogP contribution in [0.25, 0.3) is 0 Å². The maximum absolute atomic E-state index is 11.4. The summed E-state index contributed by atoms with van der Waals surface area (Å²) >= 11 is 0. The van der Waals surface area contributed by atoms with Gasteiger partial charge in [0, 0.05) is 18.6 Å². The molecule has 1 N–H and O–H groups in total. The van der Waals surface area contributed by atoms with Gasteiger partial charge in [-0.2, -0.15) is 0 Å². The highest BCUT2D eigenvalue weighted by atomic mass is 33.1. The molecule has 16 heavy (non-hydrogen) atoms. The molecule has 6 heteroatoms. The zero-order valence-corrected chi connectivity index (χ0v) is 11.8. The Bertz CT molecular complexity index is 302. The number of ketones is 1. The van der Waals surface area contributed by atoms with E-state index in [-0.39, 0.29) is 16.8 Å². The highest BCUT2D eigenvalue weighted by Gasteiger charge is 2.35. The van der Waals surface area contributed by atoms with Crippen LogP contribution in [0.5, 0.6) is 0 Å². The first-order valence-electron chi connectivity index (χ1n) is 4.80. The van der Waals surface area contributed by atoms with Crippen LogP contribution in [-0.4, -0.2) is 27.6 Å². The Kier molecular flexibility index (Phi) is 6.10. The summed E-state index contributed by atoms with van der Waals surface area (Å²) in [5.74, 6) is -0.362. The summed E-state index contributed by atoms with van der Waals surface area (Å²) in [6, 6.07) is -0.582. The second kappa shape index (κ2) is 6.30. The third kappa shape index (κ3) is 5.55. The zero-order chi connectivity index (χ0) is 12.9. The summed E-state index contributed by atoms with van der Waals surface area (Å²) in [6.07, 6.45) is 0. The minimum Gasteiger partial charge on any atom is -0.345 e. The van der Waals surface area contributed by atoms with E-state index in [4.69, 9.17) is 0 Å². The summed E-state index contributed by atoms with van der Waals surface area (Å²) < 4.78 is -0.520. The third-order valence-corrected chi connectivity index (χ3v) is 5.05. The van der Waals surface area contributed by atoms with Crippen LogP contribution in [-0.2, 0) is 14.4 Å². The van der Waals surface area contributed by atoms with Crippen LogP contribution >= 0.6 is 21.6 Å². The highest BCUT2D eigenvalue weighted by Crippen LogP contribution is 2.38. The van der Waals surface area contributed by atoms with Crippen molar-refractivity contribution < 1.29 is 14.4 Å². The predicted molar refractivity (Wildman–Crippen MR) is 68.2 cm³/mol. The van der Waals surface area contributed by atoms with Crippen molar-refractivity contribution in [2.24, 2.45) is 0 Å². The molecular formula is C10H17NO3S2. The molecule has 0 radical (unpaired) electrons. The largest absolute Gasteiger partial charge is 0.345 e. The Morgan fingerprint density at radius 1 is 1.12 bits per heavy atom. The average molecular weight is 263 g/mol. The number of carbonyl (C=O) groups excluding carboxylic acids is 3. The molecule has 0 aromatic heterocycles. The molecule has 0 saturated heterocycles. The van der Waals surface area contributed by atoms with E-state index >= 15 is 0 Å². The van der Waals surface area contributed by atoms with E-state index < -0.39 is 10.8 Å². The first-order valence-corrected chi connectivity index (χ1v) is 6.95. The number of hydrogen-bond acceptors (Lipinski definition) is 5. The van der Waals surface area contributed by atoms with Crippen LogP contribution in [0.2, 0.25) is 0 Å². The Morgan fingerprint density at radius 2 is 1.62 bits per heavy atom. The van der Waals surface area contributed by atoms with Crippen molar-refractivity contribution in [2.75, 3.05) is 0 Å². The monoisotopic (exact) mass is 263 g/mol. The van der Waals surface area contributed by atoms with Gasteiger partial charge in [0.1, 0.15) is 6.04 Å². The molecule has 1 atom stereocenters. The fraction of sp³-hybridized carbons (Fsp3) is 0.700. The van der Waals surface area contributed by atoms with E-state index in [9.17, 15) is 14.4 Å². The molecule has 0 aromatic rings. The molecule has 0 aliphatic heterocycles. The first-order chi connectivity index (χ1) is 7.16. The van der Waals surface area contributed by atoms with Crippen molar-refractivity contribution in [3.05, 3.63) is 0 Å². The van der Waals surface area contributed by atoms with Crippen LogP contribution in [0.3, 0.4) is 0 Å². The van der Waals surface area contributed by atoms with Crippen LogP contribution in [0, 0.1) is 0 Å². The molecule has 0 aliphatic carbocycles.